The van der Waals surface area contributed by atoms with E-state index in [-0.39, 0.29) is 12.7 Å². The van der Waals surface area contributed by atoms with E-state index in [1.807, 2.05) is 18.2 Å². The highest BCUT2D eigenvalue weighted by atomic mass is 16.7. The molecule has 0 aliphatic carbocycles. The third-order valence-corrected chi connectivity index (χ3v) is 3.27. The van der Waals surface area contributed by atoms with Crippen LogP contribution in [0, 0.1) is 0 Å². The normalized spacial score (nSPS) is 12.2. The summed E-state index contributed by atoms with van der Waals surface area (Å²) in [6, 6.07) is 7.27. The molecule has 0 radical (unpaired) electrons. The third-order valence-electron chi connectivity index (χ3n) is 3.27. The van der Waals surface area contributed by atoms with Gasteiger partial charge in [0.2, 0.25) is 12.7 Å². The Labute approximate surface area is 127 Å². The van der Waals surface area contributed by atoms with E-state index >= 15 is 0 Å². The van der Waals surface area contributed by atoms with Crippen LogP contribution < -0.4 is 19.5 Å². The number of carbonyl (C=O) groups is 1. The topological polar surface area (TPSA) is 82.8 Å². The van der Waals surface area contributed by atoms with Crippen molar-refractivity contribution in [1.82, 2.24) is 10.5 Å². The highest BCUT2D eigenvalue weighted by Gasteiger charge is 2.13. The summed E-state index contributed by atoms with van der Waals surface area (Å²) in [5, 5.41) is 6.54. The molecule has 116 valence electrons. The molecule has 7 heteroatoms. The maximum Gasteiger partial charge on any atom is 0.254 e. The SMILES string of the molecule is COc1cc(CCC(=O)NCc2ccc3c(c2)OCO3)on1. The zero-order valence-corrected chi connectivity index (χ0v) is 12.1. The highest BCUT2D eigenvalue weighted by molar-refractivity contribution is 5.76. The summed E-state index contributed by atoms with van der Waals surface area (Å²) in [7, 11) is 1.51. The third kappa shape index (κ3) is 3.30. The van der Waals surface area contributed by atoms with Gasteiger partial charge in [-0.1, -0.05) is 6.07 Å². The van der Waals surface area contributed by atoms with Crippen LogP contribution in [0.5, 0.6) is 17.4 Å². The number of aromatic nitrogens is 1. The van der Waals surface area contributed by atoms with Gasteiger partial charge in [0.15, 0.2) is 11.5 Å². The second-order valence-electron chi connectivity index (χ2n) is 4.80. The monoisotopic (exact) mass is 304 g/mol. The fraction of sp³-hybridized carbons (Fsp3) is 0.333. The van der Waals surface area contributed by atoms with E-state index < -0.39 is 0 Å². The molecule has 1 amide bonds. The summed E-state index contributed by atoms with van der Waals surface area (Å²) >= 11 is 0. The van der Waals surface area contributed by atoms with Gasteiger partial charge in [0.25, 0.3) is 5.88 Å². The first kappa shape index (κ1) is 14.2. The first-order valence-electron chi connectivity index (χ1n) is 6.89. The van der Waals surface area contributed by atoms with Crippen molar-refractivity contribution in [3.63, 3.8) is 0 Å². The van der Waals surface area contributed by atoms with Gasteiger partial charge >= 0.3 is 0 Å². The smallest absolute Gasteiger partial charge is 0.254 e. The van der Waals surface area contributed by atoms with Crippen molar-refractivity contribution in [1.29, 1.82) is 0 Å². The number of amides is 1. The molecule has 0 atom stereocenters. The van der Waals surface area contributed by atoms with Gasteiger partial charge < -0.3 is 24.1 Å². The summed E-state index contributed by atoms with van der Waals surface area (Å²) in [5.74, 6) is 2.41. The molecule has 0 spiro atoms. The predicted octanol–water partition coefficient (Wildman–Crippen LogP) is 1.66. The van der Waals surface area contributed by atoms with Crippen LogP contribution in [0.1, 0.15) is 17.7 Å². The standard InChI is InChI=1S/C15H16N2O5/c1-19-15-7-11(22-17-15)3-5-14(18)16-8-10-2-4-12-13(6-10)21-9-20-12/h2,4,6-7H,3,5,8-9H2,1H3,(H,16,18). The largest absolute Gasteiger partial charge is 0.479 e. The Hall–Kier alpha value is -2.70. The minimum atomic E-state index is -0.0620. The van der Waals surface area contributed by atoms with Gasteiger partial charge in [-0.2, -0.15) is 0 Å². The Morgan fingerprint density at radius 1 is 1.32 bits per heavy atom. The van der Waals surface area contributed by atoms with Crippen LogP contribution in [0.15, 0.2) is 28.8 Å². The zero-order chi connectivity index (χ0) is 15.4. The quantitative estimate of drug-likeness (QED) is 0.874. The van der Waals surface area contributed by atoms with Gasteiger partial charge in [0, 0.05) is 25.5 Å². The summed E-state index contributed by atoms with van der Waals surface area (Å²) in [5.41, 5.74) is 0.957. The molecule has 0 bridgehead atoms. The van der Waals surface area contributed by atoms with E-state index in [1.54, 1.807) is 6.07 Å². The number of aryl methyl sites for hydroxylation is 1. The number of hydrogen-bond donors (Lipinski definition) is 1. The Morgan fingerprint density at radius 2 is 2.18 bits per heavy atom. The van der Waals surface area contributed by atoms with Crippen LogP contribution >= 0.6 is 0 Å². The summed E-state index contributed by atoms with van der Waals surface area (Å²) in [6.45, 7) is 0.682. The van der Waals surface area contributed by atoms with Gasteiger partial charge in [-0.05, 0) is 22.9 Å². The summed E-state index contributed by atoms with van der Waals surface area (Å²) in [4.78, 5) is 11.8. The van der Waals surface area contributed by atoms with E-state index in [0.29, 0.717) is 36.8 Å². The molecule has 0 fully saturated rings. The Bertz CT molecular complexity index is 668. The number of nitrogens with one attached hydrogen (secondary N) is 1. The van der Waals surface area contributed by atoms with Crippen molar-refractivity contribution in [3.05, 3.63) is 35.6 Å². The second-order valence-corrected chi connectivity index (χ2v) is 4.80. The van der Waals surface area contributed by atoms with Gasteiger partial charge in [-0.3, -0.25) is 4.79 Å². The molecule has 22 heavy (non-hydrogen) atoms. The number of carbonyl (C=O) groups excluding carboxylic acids is 1. The Balaban J connectivity index is 1.46. The van der Waals surface area contributed by atoms with E-state index in [9.17, 15) is 4.79 Å². The lowest BCUT2D eigenvalue weighted by Crippen LogP contribution is -2.22. The van der Waals surface area contributed by atoms with Gasteiger partial charge in [0.05, 0.1) is 7.11 Å². The van der Waals surface area contributed by atoms with Gasteiger partial charge in [0.1, 0.15) is 5.76 Å². The van der Waals surface area contributed by atoms with Crippen molar-refractivity contribution in [2.24, 2.45) is 0 Å². The molecule has 1 N–H and O–H groups in total. The van der Waals surface area contributed by atoms with Crippen molar-refractivity contribution < 1.29 is 23.5 Å². The fourth-order valence-electron chi connectivity index (χ4n) is 2.08. The summed E-state index contributed by atoms with van der Waals surface area (Å²) in [6.07, 6.45) is 0.798. The maximum atomic E-state index is 11.8. The maximum absolute atomic E-state index is 11.8. The number of methoxy groups -OCH3 is 1. The average Bonchev–Trinajstić information content (AvgIpc) is 3.19. The number of benzene rings is 1. The Morgan fingerprint density at radius 3 is 3.00 bits per heavy atom. The fourth-order valence-corrected chi connectivity index (χ4v) is 2.08. The molecule has 1 aliphatic rings. The lowest BCUT2D eigenvalue weighted by molar-refractivity contribution is -0.121. The van der Waals surface area contributed by atoms with Crippen molar-refractivity contribution in [3.8, 4) is 17.4 Å². The molecule has 7 nitrogen and oxygen atoms in total. The second kappa shape index (κ2) is 6.38. The van der Waals surface area contributed by atoms with Crippen molar-refractivity contribution in [2.75, 3.05) is 13.9 Å². The van der Waals surface area contributed by atoms with Crippen LogP contribution in [-0.2, 0) is 17.8 Å². The lowest BCUT2D eigenvalue weighted by atomic mass is 10.2. The molecule has 2 aromatic rings. The van der Waals surface area contributed by atoms with Crippen LogP contribution in [0.3, 0.4) is 0 Å². The number of nitrogens with zero attached hydrogens (tertiary/aromatic N) is 1. The first-order valence-corrected chi connectivity index (χ1v) is 6.89. The predicted molar refractivity (Wildman–Crippen MR) is 75.8 cm³/mol. The average molecular weight is 304 g/mol. The van der Waals surface area contributed by atoms with Crippen molar-refractivity contribution >= 4 is 5.91 Å². The minimum Gasteiger partial charge on any atom is -0.479 e. The van der Waals surface area contributed by atoms with E-state index in [4.69, 9.17) is 18.7 Å². The molecule has 3 rings (SSSR count). The van der Waals surface area contributed by atoms with E-state index in [0.717, 1.165) is 11.3 Å². The molecule has 0 unspecified atom stereocenters. The lowest BCUT2D eigenvalue weighted by Gasteiger charge is -2.05. The Kier molecular flexibility index (Phi) is 4.13. The van der Waals surface area contributed by atoms with Crippen LogP contribution in [0.4, 0.5) is 0 Å². The molecular formula is C15H16N2O5. The highest BCUT2D eigenvalue weighted by Crippen LogP contribution is 2.32. The van der Waals surface area contributed by atoms with Crippen LogP contribution in [-0.4, -0.2) is 25.0 Å². The number of hydrogen-bond acceptors (Lipinski definition) is 6. The number of fused-ring (bicyclic) bond motifs is 1. The van der Waals surface area contributed by atoms with Crippen molar-refractivity contribution in [2.45, 2.75) is 19.4 Å². The number of rotatable bonds is 6. The van der Waals surface area contributed by atoms with Gasteiger partial charge in [-0.25, -0.2) is 0 Å². The molecule has 0 saturated carbocycles. The first-order chi connectivity index (χ1) is 10.7. The van der Waals surface area contributed by atoms with Crippen LogP contribution in [0.25, 0.3) is 0 Å². The minimum absolute atomic E-state index is 0.0620. The number of ether oxygens (including phenoxy) is 3. The van der Waals surface area contributed by atoms with Gasteiger partial charge in [-0.15, -0.1) is 0 Å². The van der Waals surface area contributed by atoms with E-state index in [1.165, 1.54) is 7.11 Å². The molecule has 2 heterocycles. The van der Waals surface area contributed by atoms with Crippen LogP contribution in [0.2, 0.25) is 0 Å². The zero-order valence-electron chi connectivity index (χ0n) is 12.1. The molecule has 1 aliphatic heterocycles. The molecule has 1 aromatic carbocycles. The molecule has 0 saturated heterocycles. The molecule has 1 aromatic heterocycles. The molecular weight excluding hydrogens is 288 g/mol. The summed E-state index contributed by atoms with van der Waals surface area (Å²) < 4.78 is 20.5. The van der Waals surface area contributed by atoms with E-state index in [2.05, 4.69) is 10.5 Å².